The fraction of sp³-hybridized carbons (Fsp3) is 0.192. The van der Waals surface area contributed by atoms with E-state index in [4.69, 9.17) is 14.2 Å². The lowest BCUT2D eigenvalue weighted by molar-refractivity contribution is -0.115. The number of nitrogens with zero attached hydrogens (tertiary/aromatic N) is 2. The standard InChI is InChI=1S/C26H25N3O5/c1-16-27-21-8-6-5-7-20(21)26(31)29(16)19-11-9-18(10-12-19)28-24(30)15-17-13-22(32-2)25(34-4)23(14-17)33-3/h5-14H,15H2,1-4H3,(H,28,30). The van der Waals surface area contributed by atoms with Crippen LogP contribution in [0, 0.1) is 6.92 Å². The van der Waals surface area contributed by atoms with Gasteiger partial charge in [0.25, 0.3) is 5.56 Å². The molecule has 0 bridgehead atoms. The van der Waals surface area contributed by atoms with Crippen LogP contribution in [0.2, 0.25) is 0 Å². The predicted molar refractivity (Wildman–Crippen MR) is 131 cm³/mol. The molecule has 8 heteroatoms. The maximum absolute atomic E-state index is 13.0. The molecule has 1 amide bonds. The van der Waals surface area contributed by atoms with Gasteiger partial charge in [-0.1, -0.05) is 12.1 Å². The quantitative estimate of drug-likeness (QED) is 0.451. The highest BCUT2D eigenvalue weighted by molar-refractivity contribution is 5.92. The zero-order chi connectivity index (χ0) is 24.2. The van der Waals surface area contributed by atoms with Gasteiger partial charge in [-0.15, -0.1) is 0 Å². The van der Waals surface area contributed by atoms with Gasteiger partial charge in [-0.25, -0.2) is 4.98 Å². The molecule has 0 fully saturated rings. The van der Waals surface area contributed by atoms with Gasteiger partial charge in [-0.05, 0) is 61.0 Å². The van der Waals surface area contributed by atoms with Crippen LogP contribution in [-0.4, -0.2) is 36.8 Å². The Morgan fingerprint density at radius 3 is 2.21 bits per heavy atom. The van der Waals surface area contributed by atoms with Gasteiger partial charge < -0.3 is 19.5 Å². The number of fused-ring (bicyclic) bond motifs is 1. The summed E-state index contributed by atoms with van der Waals surface area (Å²) in [7, 11) is 4.58. The Morgan fingerprint density at radius 1 is 0.941 bits per heavy atom. The lowest BCUT2D eigenvalue weighted by Crippen LogP contribution is -2.22. The maximum Gasteiger partial charge on any atom is 0.265 e. The number of rotatable bonds is 7. The third kappa shape index (κ3) is 4.43. The molecule has 0 aliphatic rings. The molecule has 34 heavy (non-hydrogen) atoms. The Morgan fingerprint density at radius 2 is 1.59 bits per heavy atom. The van der Waals surface area contributed by atoms with Crippen molar-refractivity contribution in [3.63, 3.8) is 0 Å². The van der Waals surface area contributed by atoms with Crippen LogP contribution in [0.25, 0.3) is 16.6 Å². The van der Waals surface area contributed by atoms with Crippen molar-refractivity contribution in [2.45, 2.75) is 13.3 Å². The monoisotopic (exact) mass is 459 g/mol. The number of carbonyl (C=O) groups excluding carboxylic acids is 1. The van der Waals surface area contributed by atoms with E-state index >= 15 is 0 Å². The topological polar surface area (TPSA) is 91.7 Å². The highest BCUT2D eigenvalue weighted by atomic mass is 16.5. The number of methoxy groups -OCH3 is 3. The highest BCUT2D eigenvalue weighted by Gasteiger charge is 2.15. The summed E-state index contributed by atoms with van der Waals surface area (Å²) in [4.78, 5) is 30.2. The number of benzene rings is 3. The molecule has 1 aromatic heterocycles. The zero-order valence-electron chi connectivity index (χ0n) is 19.4. The van der Waals surface area contributed by atoms with Crippen LogP contribution in [-0.2, 0) is 11.2 Å². The molecule has 8 nitrogen and oxygen atoms in total. The fourth-order valence-corrected chi connectivity index (χ4v) is 3.87. The molecule has 0 aliphatic heterocycles. The molecule has 0 radical (unpaired) electrons. The Labute approximate surface area is 196 Å². The van der Waals surface area contributed by atoms with E-state index < -0.39 is 0 Å². The number of amides is 1. The first-order chi connectivity index (χ1) is 16.4. The minimum Gasteiger partial charge on any atom is -0.493 e. The Kier molecular flexibility index (Phi) is 6.49. The van der Waals surface area contributed by atoms with Crippen molar-refractivity contribution in [2.24, 2.45) is 0 Å². The summed E-state index contributed by atoms with van der Waals surface area (Å²) in [5.74, 6) is 1.82. The Bertz CT molecular complexity index is 1390. The second-order valence-electron chi connectivity index (χ2n) is 7.62. The number of ether oxygens (including phenoxy) is 3. The molecule has 1 heterocycles. The molecule has 0 spiro atoms. The molecule has 174 valence electrons. The SMILES string of the molecule is COc1cc(CC(=O)Nc2ccc(-n3c(C)nc4ccccc4c3=O)cc2)cc(OC)c1OC. The van der Waals surface area contributed by atoms with Crippen LogP contribution >= 0.6 is 0 Å². The molecular formula is C26H25N3O5. The van der Waals surface area contributed by atoms with Crippen LogP contribution in [0.15, 0.2) is 65.5 Å². The van der Waals surface area contributed by atoms with Crippen molar-refractivity contribution in [3.05, 3.63) is 82.4 Å². The van der Waals surface area contributed by atoms with Gasteiger partial charge in [0.1, 0.15) is 5.82 Å². The van der Waals surface area contributed by atoms with E-state index in [1.165, 1.54) is 21.3 Å². The first-order valence-corrected chi connectivity index (χ1v) is 10.6. The van der Waals surface area contributed by atoms with Gasteiger partial charge in [0.15, 0.2) is 11.5 Å². The molecule has 4 rings (SSSR count). The van der Waals surface area contributed by atoms with Crippen LogP contribution < -0.4 is 25.1 Å². The molecule has 0 unspecified atom stereocenters. The number of nitrogens with one attached hydrogen (secondary N) is 1. The van der Waals surface area contributed by atoms with Gasteiger partial charge >= 0.3 is 0 Å². The summed E-state index contributed by atoms with van der Waals surface area (Å²) in [5, 5.41) is 3.43. The summed E-state index contributed by atoms with van der Waals surface area (Å²) in [6.45, 7) is 1.79. The van der Waals surface area contributed by atoms with Crippen molar-refractivity contribution in [3.8, 4) is 22.9 Å². The second-order valence-corrected chi connectivity index (χ2v) is 7.62. The third-order valence-corrected chi connectivity index (χ3v) is 5.44. The average Bonchev–Trinajstić information content (AvgIpc) is 2.84. The predicted octanol–water partition coefficient (Wildman–Crippen LogP) is 3.90. The van der Waals surface area contributed by atoms with Gasteiger partial charge in [0.2, 0.25) is 11.7 Å². The molecule has 0 saturated carbocycles. The lowest BCUT2D eigenvalue weighted by atomic mass is 10.1. The van der Waals surface area contributed by atoms with E-state index in [9.17, 15) is 9.59 Å². The van der Waals surface area contributed by atoms with Crippen molar-refractivity contribution in [2.75, 3.05) is 26.6 Å². The summed E-state index contributed by atoms with van der Waals surface area (Å²) >= 11 is 0. The van der Waals surface area contributed by atoms with Crippen molar-refractivity contribution in [1.29, 1.82) is 0 Å². The normalized spacial score (nSPS) is 10.7. The number of hydrogen-bond donors (Lipinski definition) is 1. The van der Waals surface area contributed by atoms with Crippen LogP contribution in [0.5, 0.6) is 17.2 Å². The second kappa shape index (κ2) is 9.66. The number of anilines is 1. The number of aryl methyl sites for hydroxylation is 1. The third-order valence-electron chi connectivity index (χ3n) is 5.44. The van der Waals surface area contributed by atoms with Crippen LogP contribution in [0.3, 0.4) is 0 Å². The van der Waals surface area contributed by atoms with Crippen molar-refractivity contribution in [1.82, 2.24) is 9.55 Å². The van der Waals surface area contributed by atoms with Gasteiger partial charge in [0, 0.05) is 5.69 Å². The first-order valence-electron chi connectivity index (χ1n) is 10.6. The fourth-order valence-electron chi connectivity index (χ4n) is 3.87. The summed E-state index contributed by atoms with van der Waals surface area (Å²) in [6.07, 6.45) is 0.117. The van der Waals surface area contributed by atoms with Crippen molar-refractivity contribution < 1.29 is 19.0 Å². The summed E-state index contributed by atoms with van der Waals surface area (Å²) < 4.78 is 17.6. The number of carbonyl (C=O) groups is 1. The maximum atomic E-state index is 13.0. The number of aromatic nitrogens is 2. The van der Waals surface area contributed by atoms with Gasteiger partial charge in [-0.2, -0.15) is 0 Å². The summed E-state index contributed by atoms with van der Waals surface area (Å²) in [6, 6.07) is 17.8. The molecule has 0 saturated heterocycles. The molecule has 3 aromatic carbocycles. The highest BCUT2D eigenvalue weighted by Crippen LogP contribution is 2.38. The summed E-state index contributed by atoms with van der Waals surface area (Å²) in [5.41, 5.74) is 2.52. The minimum atomic E-state index is -0.206. The lowest BCUT2D eigenvalue weighted by Gasteiger charge is -2.14. The molecule has 1 N–H and O–H groups in total. The molecule has 0 aliphatic carbocycles. The van der Waals surface area contributed by atoms with Crippen LogP contribution in [0.4, 0.5) is 5.69 Å². The van der Waals surface area contributed by atoms with E-state index in [0.29, 0.717) is 50.9 Å². The average molecular weight is 460 g/mol. The number of hydrogen-bond acceptors (Lipinski definition) is 6. The van der Waals surface area contributed by atoms with E-state index in [1.807, 2.05) is 18.2 Å². The van der Waals surface area contributed by atoms with E-state index in [0.717, 1.165) is 0 Å². The smallest absolute Gasteiger partial charge is 0.265 e. The van der Waals surface area contributed by atoms with Crippen molar-refractivity contribution >= 4 is 22.5 Å². The number of para-hydroxylation sites is 1. The molecular weight excluding hydrogens is 434 g/mol. The first kappa shape index (κ1) is 22.8. The zero-order valence-corrected chi connectivity index (χ0v) is 19.4. The van der Waals surface area contributed by atoms with E-state index in [-0.39, 0.29) is 17.9 Å². The Hall–Kier alpha value is -4.33. The Balaban J connectivity index is 1.53. The van der Waals surface area contributed by atoms with E-state index in [1.54, 1.807) is 54.0 Å². The minimum absolute atomic E-state index is 0.117. The van der Waals surface area contributed by atoms with Gasteiger partial charge in [-0.3, -0.25) is 14.2 Å². The largest absolute Gasteiger partial charge is 0.493 e. The van der Waals surface area contributed by atoms with Crippen LogP contribution in [0.1, 0.15) is 11.4 Å². The molecule has 4 aromatic rings. The van der Waals surface area contributed by atoms with E-state index in [2.05, 4.69) is 10.3 Å². The van der Waals surface area contributed by atoms with Gasteiger partial charge in [0.05, 0.1) is 44.3 Å². The molecule has 0 atom stereocenters.